The van der Waals surface area contributed by atoms with E-state index in [1.807, 2.05) is 18.2 Å². The van der Waals surface area contributed by atoms with Gasteiger partial charge >= 0.3 is 0 Å². The van der Waals surface area contributed by atoms with Crippen molar-refractivity contribution in [2.75, 3.05) is 11.9 Å². The molecule has 0 saturated heterocycles. The van der Waals surface area contributed by atoms with Gasteiger partial charge in [-0.25, -0.2) is 4.98 Å². The van der Waals surface area contributed by atoms with Gasteiger partial charge in [0.1, 0.15) is 5.82 Å². The number of hydrogen-bond acceptors (Lipinski definition) is 3. The minimum Gasteiger partial charge on any atom is -0.370 e. The molecule has 0 aliphatic carbocycles. The highest BCUT2D eigenvalue weighted by Gasteiger charge is 2.02. The summed E-state index contributed by atoms with van der Waals surface area (Å²) < 4.78 is 0. The molecule has 15 heavy (non-hydrogen) atoms. The van der Waals surface area contributed by atoms with Crippen molar-refractivity contribution in [2.45, 2.75) is 13.8 Å². The highest BCUT2D eigenvalue weighted by Crippen LogP contribution is 2.24. The average molecular weight is 218 g/mol. The van der Waals surface area contributed by atoms with Crippen molar-refractivity contribution >= 4 is 17.2 Å². The maximum Gasteiger partial charge on any atom is 0.126 e. The Balaban J connectivity index is 2.32. The van der Waals surface area contributed by atoms with Crippen LogP contribution in [0.3, 0.4) is 0 Å². The Labute approximate surface area is 94.0 Å². The Morgan fingerprint density at radius 3 is 2.93 bits per heavy atom. The molecule has 2 aromatic rings. The van der Waals surface area contributed by atoms with E-state index in [0.29, 0.717) is 0 Å². The Morgan fingerprint density at radius 2 is 2.27 bits per heavy atom. The maximum absolute atomic E-state index is 4.54. The highest BCUT2D eigenvalue weighted by atomic mass is 32.1. The fourth-order valence-corrected chi connectivity index (χ4v) is 2.15. The van der Waals surface area contributed by atoms with Crippen molar-refractivity contribution in [3.63, 3.8) is 0 Å². The first kappa shape index (κ1) is 10.2. The Kier molecular flexibility index (Phi) is 3.02. The van der Waals surface area contributed by atoms with E-state index in [9.17, 15) is 0 Å². The fraction of sp³-hybridized carbons (Fsp3) is 0.250. The minimum absolute atomic E-state index is 0.902. The number of hydrogen-bond donors (Lipinski definition) is 1. The zero-order valence-corrected chi connectivity index (χ0v) is 9.77. The first-order chi connectivity index (χ1) is 7.29. The minimum atomic E-state index is 0.902. The lowest BCUT2D eigenvalue weighted by atomic mass is 10.2. The number of pyridine rings is 1. The number of anilines is 1. The number of rotatable bonds is 3. The van der Waals surface area contributed by atoms with Crippen LogP contribution in [0.25, 0.3) is 11.3 Å². The van der Waals surface area contributed by atoms with Crippen LogP contribution >= 0.6 is 11.3 Å². The molecule has 2 aromatic heterocycles. The molecule has 0 aliphatic rings. The topological polar surface area (TPSA) is 24.9 Å². The fourth-order valence-electron chi connectivity index (χ4n) is 1.45. The van der Waals surface area contributed by atoms with E-state index >= 15 is 0 Å². The second kappa shape index (κ2) is 4.45. The molecule has 2 heterocycles. The van der Waals surface area contributed by atoms with Gasteiger partial charge in [-0.3, -0.25) is 0 Å². The number of aromatic nitrogens is 1. The molecule has 1 N–H and O–H groups in total. The standard InChI is InChI=1S/C12H14N2S/c1-3-13-12-6-4-5-11(14-12)10-7-9(2)15-8-10/h4-8H,3H2,1-2H3,(H,13,14). The Morgan fingerprint density at radius 1 is 1.40 bits per heavy atom. The number of thiophene rings is 1. The average Bonchev–Trinajstić information content (AvgIpc) is 2.66. The molecule has 0 spiro atoms. The molecule has 0 amide bonds. The molecule has 0 aliphatic heterocycles. The summed E-state index contributed by atoms with van der Waals surface area (Å²) in [7, 11) is 0. The van der Waals surface area contributed by atoms with Gasteiger partial charge in [0.25, 0.3) is 0 Å². The number of aryl methyl sites for hydroxylation is 1. The van der Waals surface area contributed by atoms with Gasteiger partial charge in [-0.2, -0.15) is 0 Å². The van der Waals surface area contributed by atoms with Crippen molar-refractivity contribution in [3.05, 3.63) is 34.5 Å². The number of nitrogens with zero attached hydrogens (tertiary/aromatic N) is 1. The summed E-state index contributed by atoms with van der Waals surface area (Å²) in [6, 6.07) is 8.24. The SMILES string of the molecule is CCNc1cccc(-c2csc(C)c2)n1. The van der Waals surface area contributed by atoms with Gasteiger partial charge < -0.3 is 5.32 Å². The predicted molar refractivity (Wildman–Crippen MR) is 66.5 cm³/mol. The molecule has 2 rings (SSSR count). The second-order valence-corrected chi connectivity index (χ2v) is 4.50. The molecule has 3 heteroatoms. The summed E-state index contributed by atoms with van der Waals surface area (Å²) in [6.07, 6.45) is 0. The van der Waals surface area contributed by atoms with E-state index in [4.69, 9.17) is 0 Å². The molecule has 0 radical (unpaired) electrons. The van der Waals surface area contributed by atoms with Crippen LogP contribution < -0.4 is 5.32 Å². The largest absolute Gasteiger partial charge is 0.370 e. The monoisotopic (exact) mass is 218 g/mol. The second-order valence-electron chi connectivity index (χ2n) is 3.38. The summed E-state index contributed by atoms with van der Waals surface area (Å²) in [5.74, 6) is 0.943. The molecule has 0 unspecified atom stereocenters. The highest BCUT2D eigenvalue weighted by molar-refractivity contribution is 7.10. The molecule has 0 fully saturated rings. The van der Waals surface area contributed by atoms with Crippen LogP contribution in [0.5, 0.6) is 0 Å². The first-order valence-corrected chi connectivity index (χ1v) is 5.94. The molecule has 0 aromatic carbocycles. The van der Waals surface area contributed by atoms with Gasteiger partial charge in [0.15, 0.2) is 0 Å². The third-order valence-electron chi connectivity index (χ3n) is 2.13. The summed E-state index contributed by atoms with van der Waals surface area (Å²) in [6.45, 7) is 5.09. The van der Waals surface area contributed by atoms with E-state index in [0.717, 1.165) is 18.1 Å². The van der Waals surface area contributed by atoms with Crippen LogP contribution in [0.4, 0.5) is 5.82 Å². The Bertz CT molecular complexity index is 448. The Hall–Kier alpha value is -1.35. The van der Waals surface area contributed by atoms with Gasteiger partial charge in [0.2, 0.25) is 0 Å². The van der Waals surface area contributed by atoms with Crippen molar-refractivity contribution in [1.82, 2.24) is 4.98 Å². The van der Waals surface area contributed by atoms with Crippen molar-refractivity contribution in [2.24, 2.45) is 0 Å². The molecule has 0 bridgehead atoms. The van der Waals surface area contributed by atoms with Crippen LogP contribution in [0.2, 0.25) is 0 Å². The van der Waals surface area contributed by atoms with Gasteiger partial charge in [0, 0.05) is 22.4 Å². The van der Waals surface area contributed by atoms with Crippen molar-refractivity contribution in [3.8, 4) is 11.3 Å². The zero-order chi connectivity index (χ0) is 10.7. The van der Waals surface area contributed by atoms with E-state index in [1.54, 1.807) is 11.3 Å². The molecule has 0 atom stereocenters. The summed E-state index contributed by atoms with van der Waals surface area (Å²) in [5, 5.41) is 5.36. The van der Waals surface area contributed by atoms with Gasteiger partial charge in [-0.1, -0.05) is 6.07 Å². The predicted octanol–water partition coefficient (Wildman–Crippen LogP) is 3.55. The smallest absolute Gasteiger partial charge is 0.126 e. The van der Waals surface area contributed by atoms with Crippen molar-refractivity contribution in [1.29, 1.82) is 0 Å². The lowest BCUT2D eigenvalue weighted by Gasteiger charge is -2.03. The van der Waals surface area contributed by atoms with Gasteiger partial charge in [0.05, 0.1) is 5.69 Å². The third-order valence-corrected chi connectivity index (χ3v) is 2.99. The summed E-state index contributed by atoms with van der Waals surface area (Å²) in [4.78, 5) is 5.86. The molecule has 0 saturated carbocycles. The van der Waals surface area contributed by atoms with Gasteiger partial charge in [-0.15, -0.1) is 11.3 Å². The first-order valence-electron chi connectivity index (χ1n) is 5.06. The molecule has 78 valence electrons. The van der Waals surface area contributed by atoms with Crippen LogP contribution in [-0.2, 0) is 0 Å². The van der Waals surface area contributed by atoms with E-state index < -0.39 is 0 Å². The maximum atomic E-state index is 4.54. The lowest BCUT2D eigenvalue weighted by Crippen LogP contribution is -1.99. The van der Waals surface area contributed by atoms with Crippen molar-refractivity contribution < 1.29 is 0 Å². The van der Waals surface area contributed by atoms with Crippen LogP contribution in [0.1, 0.15) is 11.8 Å². The lowest BCUT2D eigenvalue weighted by molar-refractivity contribution is 1.16. The molecule has 2 nitrogen and oxygen atoms in total. The van der Waals surface area contributed by atoms with E-state index in [1.165, 1.54) is 10.4 Å². The van der Waals surface area contributed by atoms with Crippen LogP contribution in [-0.4, -0.2) is 11.5 Å². The summed E-state index contributed by atoms with van der Waals surface area (Å²) in [5.41, 5.74) is 2.25. The molecular formula is C12H14N2S. The number of nitrogens with one attached hydrogen (secondary N) is 1. The van der Waals surface area contributed by atoms with Crippen LogP contribution in [0, 0.1) is 6.92 Å². The van der Waals surface area contributed by atoms with Gasteiger partial charge in [-0.05, 0) is 32.0 Å². The normalized spacial score (nSPS) is 10.3. The quantitative estimate of drug-likeness (QED) is 0.852. The van der Waals surface area contributed by atoms with Crippen LogP contribution in [0.15, 0.2) is 29.6 Å². The summed E-state index contributed by atoms with van der Waals surface area (Å²) >= 11 is 1.76. The van der Waals surface area contributed by atoms with E-state index in [-0.39, 0.29) is 0 Å². The third kappa shape index (κ3) is 2.36. The van der Waals surface area contributed by atoms with E-state index in [2.05, 4.69) is 35.6 Å². The molecular weight excluding hydrogens is 204 g/mol. The zero-order valence-electron chi connectivity index (χ0n) is 8.95.